The number of rotatable bonds is 12. The van der Waals surface area contributed by atoms with Gasteiger partial charge in [0.15, 0.2) is 5.60 Å². The van der Waals surface area contributed by atoms with Crippen LogP contribution in [0.1, 0.15) is 41.6 Å². The Balaban J connectivity index is 1.13. The number of para-hydroxylation sites is 2. The number of halogens is 1. The molecule has 1 unspecified atom stereocenters. The van der Waals surface area contributed by atoms with E-state index in [2.05, 4.69) is 10.3 Å². The SMILES string of the molecule is C[C@@H]1[C@@H]([Si](C)(C)F)[C@H](CCn2cc(C(CO)c3ccccc3)nn2)O[C@@]12C(=O)N(Cc1ccc(N(C=O)c3ccccc3)cc1)c1ccccc12. The largest absolute Gasteiger partial charge is 0.395 e. The lowest BCUT2D eigenvalue weighted by atomic mass is 9.82. The minimum atomic E-state index is -3.35. The van der Waals surface area contributed by atoms with Crippen molar-refractivity contribution in [1.82, 2.24) is 15.0 Å². The third-order valence-electron chi connectivity index (χ3n) is 10.5. The van der Waals surface area contributed by atoms with Gasteiger partial charge in [0, 0.05) is 41.1 Å². The first-order valence-electron chi connectivity index (χ1n) is 17.4. The van der Waals surface area contributed by atoms with Gasteiger partial charge in [-0.1, -0.05) is 91.0 Å². The van der Waals surface area contributed by atoms with Crippen LogP contribution in [0.3, 0.4) is 0 Å². The van der Waals surface area contributed by atoms with Crippen LogP contribution in [-0.2, 0) is 33.0 Å². The van der Waals surface area contributed by atoms with Gasteiger partial charge < -0.3 is 18.9 Å². The summed E-state index contributed by atoms with van der Waals surface area (Å²) < 4.78 is 25.0. The molecule has 2 aliphatic heterocycles. The van der Waals surface area contributed by atoms with E-state index >= 15 is 4.11 Å². The lowest BCUT2D eigenvalue weighted by Crippen LogP contribution is -2.45. The highest BCUT2D eigenvalue weighted by atomic mass is 28.4. The van der Waals surface area contributed by atoms with E-state index < -0.39 is 31.6 Å². The summed E-state index contributed by atoms with van der Waals surface area (Å²) in [6, 6.07) is 34.3. The number of ether oxygens (including phenoxy) is 1. The van der Waals surface area contributed by atoms with Crippen LogP contribution in [0.2, 0.25) is 18.6 Å². The zero-order chi connectivity index (χ0) is 35.8. The van der Waals surface area contributed by atoms with Crippen LogP contribution in [0, 0.1) is 5.92 Å². The second kappa shape index (κ2) is 14.0. The highest BCUT2D eigenvalue weighted by molar-refractivity contribution is 6.72. The number of aliphatic hydroxyl groups is 1. The highest BCUT2D eigenvalue weighted by Crippen LogP contribution is 2.60. The molecule has 0 bridgehead atoms. The van der Waals surface area contributed by atoms with E-state index in [1.54, 1.807) is 27.6 Å². The number of carbonyl (C=O) groups is 2. The van der Waals surface area contributed by atoms with Gasteiger partial charge in [-0.05, 0) is 61.0 Å². The van der Waals surface area contributed by atoms with Crippen LogP contribution >= 0.6 is 0 Å². The highest BCUT2D eigenvalue weighted by Gasteiger charge is 2.66. The molecule has 51 heavy (non-hydrogen) atoms. The van der Waals surface area contributed by atoms with Gasteiger partial charge in [0.1, 0.15) is 0 Å². The summed E-state index contributed by atoms with van der Waals surface area (Å²) in [6.45, 7) is 5.97. The maximum atomic E-state index is 16.3. The molecule has 1 fully saturated rings. The molecule has 2 amide bonds. The second-order valence-electron chi connectivity index (χ2n) is 14.0. The molecule has 0 saturated carbocycles. The number of aliphatic hydroxyl groups excluding tert-OH is 1. The molecule has 0 aliphatic carbocycles. The Morgan fingerprint density at radius 3 is 2.27 bits per heavy atom. The fraction of sp³-hybridized carbons (Fsp3) is 0.300. The fourth-order valence-electron chi connectivity index (χ4n) is 8.13. The van der Waals surface area contributed by atoms with Gasteiger partial charge in [0.25, 0.3) is 5.91 Å². The monoisotopic (exact) mass is 703 g/mol. The number of hydrogen-bond donors (Lipinski definition) is 1. The van der Waals surface area contributed by atoms with E-state index in [0.29, 0.717) is 30.9 Å². The number of fused-ring (bicyclic) bond motifs is 2. The molecule has 2 aliphatic rings. The van der Waals surface area contributed by atoms with Crippen molar-refractivity contribution in [2.24, 2.45) is 5.92 Å². The number of benzene rings is 4. The first kappa shape index (κ1) is 34.5. The van der Waals surface area contributed by atoms with Crippen LogP contribution in [0.15, 0.2) is 115 Å². The molecule has 7 rings (SSSR count). The molecular weight excluding hydrogens is 662 g/mol. The molecule has 262 valence electrons. The summed E-state index contributed by atoms with van der Waals surface area (Å²) in [5.74, 6) is -0.912. The van der Waals surface area contributed by atoms with E-state index in [0.717, 1.165) is 34.5 Å². The minimum absolute atomic E-state index is 0.106. The van der Waals surface area contributed by atoms with Crippen molar-refractivity contribution in [1.29, 1.82) is 0 Å². The average Bonchev–Trinajstić information content (AvgIpc) is 3.80. The molecule has 1 N–H and O–H groups in total. The number of carbonyl (C=O) groups excluding carboxylic acids is 2. The van der Waals surface area contributed by atoms with E-state index in [-0.39, 0.29) is 18.4 Å². The molecule has 1 spiro atoms. The summed E-state index contributed by atoms with van der Waals surface area (Å²) in [4.78, 5) is 30.0. The number of nitrogens with zero attached hydrogens (tertiary/aromatic N) is 5. The zero-order valence-electron chi connectivity index (χ0n) is 29.0. The molecule has 5 atom stereocenters. The Labute approximate surface area is 298 Å². The zero-order valence-corrected chi connectivity index (χ0v) is 30.0. The predicted octanol–water partition coefficient (Wildman–Crippen LogP) is 7.11. The molecular formula is C40H42FN5O4Si. The van der Waals surface area contributed by atoms with Crippen LogP contribution < -0.4 is 9.80 Å². The molecule has 0 radical (unpaired) electrons. The number of amides is 2. The van der Waals surface area contributed by atoms with Gasteiger partial charge in [0.05, 0.1) is 36.6 Å². The topological polar surface area (TPSA) is 101 Å². The van der Waals surface area contributed by atoms with Crippen molar-refractivity contribution >= 4 is 37.8 Å². The summed E-state index contributed by atoms with van der Waals surface area (Å²) in [5.41, 5.74) is 3.70. The second-order valence-corrected chi connectivity index (χ2v) is 17.8. The molecule has 3 heterocycles. The lowest BCUT2D eigenvalue weighted by Gasteiger charge is -2.31. The van der Waals surface area contributed by atoms with E-state index in [1.165, 1.54) is 0 Å². The number of hydrogen-bond acceptors (Lipinski definition) is 6. The smallest absolute Gasteiger partial charge is 0.264 e. The molecule has 1 aromatic heterocycles. The quantitative estimate of drug-likeness (QED) is 0.0845. The van der Waals surface area contributed by atoms with Gasteiger partial charge in [-0.15, -0.1) is 5.10 Å². The van der Waals surface area contributed by atoms with Crippen LogP contribution in [0.4, 0.5) is 21.2 Å². The number of anilines is 3. The van der Waals surface area contributed by atoms with Crippen molar-refractivity contribution in [3.05, 3.63) is 138 Å². The van der Waals surface area contributed by atoms with Crippen LogP contribution in [0.5, 0.6) is 0 Å². The summed E-state index contributed by atoms with van der Waals surface area (Å²) in [5, 5.41) is 18.8. The third-order valence-corrected chi connectivity index (χ3v) is 13.0. The maximum absolute atomic E-state index is 16.3. The molecule has 11 heteroatoms. The number of aromatic nitrogens is 3. The normalized spacial score (nSPS) is 21.9. The Morgan fingerprint density at radius 2 is 1.61 bits per heavy atom. The average molecular weight is 704 g/mol. The molecule has 1 saturated heterocycles. The number of aryl methyl sites for hydroxylation is 1. The lowest BCUT2D eigenvalue weighted by molar-refractivity contribution is -0.146. The Bertz CT molecular complexity index is 1990. The summed E-state index contributed by atoms with van der Waals surface area (Å²) in [7, 11) is -3.35. The molecule has 4 aromatic carbocycles. The van der Waals surface area contributed by atoms with Gasteiger partial charge in [-0.3, -0.25) is 19.2 Å². The Morgan fingerprint density at radius 1 is 0.961 bits per heavy atom. The summed E-state index contributed by atoms with van der Waals surface area (Å²) in [6.07, 6.45) is 2.53. The van der Waals surface area contributed by atoms with Gasteiger partial charge in [-0.2, -0.15) is 0 Å². The van der Waals surface area contributed by atoms with E-state index in [1.807, 2.05) is 122 Å². The van der Waals surface area contributed by atoms with Gasteiger partial charge in [-0.25, -0.2) is 0 Å². The van der Waals surface area contributed by atoms with Crippen molar-refractivity contribution < 1.29 is 23.5 Å². The first-order valence-corrected chi connectivity index (χ1v) is 20.3. The Hall–Kier alpha value is -4.97. The van der Waals surface area contributed by atoms with Crippen molar-refractivity contribution in [2.75, 3.05) is 16.4 Å². The molecule has 9 nitrogen and oxygen atoms in total. The van der Waals surface area contributed by atoms with Crippen molar-refractivity contribution in [2.45, 2.75) is 62.7 Å². The first-order chi connectivity index (χ1) is 24.7. The van der Waals surface area contributed by atoms with E-state index in [9.17, 15) is 14.7 Å². The van der Waals surface area contributed by atoms with Crippen LogP contribution in [0.25, 0.3) is 0 Å². The summed E-state index contributed by atoms with van der Waals surface area (Å²) >= 11 is 0. The minimum Gasteiger partial charge on any atom is -0.395 e. The van der Waals surface area contributed by atoms with E-state index in [4.69, 9.17) is 4.74 Å². The van der Waals surface area contributed by atoms with Crippen molar-refractivity contribution in [3.8, 4) is 0 Å². The molecule has 5 aromatic rings. The van der Waals surface area contributed by atoms with Crippen LogP contribution in [-0.4, -0.2) is 53.5 Å². The Kier molecular flexibility index (Phi) is 9.45. The van der Waals surface area contributed by atoms with Gasteiger partial charge >= 0.3 is 0 Å². The van der Waals surface area contributed by atoms with Gasteiger partial charge in [0.2, 0.25) is 14.8 Å². The van der Waals surface area contributed by atoms with Crippen molar-refractivity contribution in [3.63, 3.8) is 0 Å². The maximum Gasteiger partial charge on any atom is 0.264 e. The predicted molar refractivity (Wildman–Crippen MR) is 197 cm³/mol. The fourth-order valence-corrected chi connectivity index (χ4v) is 10.7. The third kappa shape index (κ3) is 6.30. The standard InChI is InChI=1S/C40H42FN5O4Si/c1-28-38(51(2,3)41)37(22-23-44-25-35(42-43-44)33(26-47)30-12-6-4-7-13-30)50-40(28)34-16-10-11-17-36(34)45(39(40)49)24-29-18-20-32(21-19-29)46(27-48)31-14-8-5-9-15-31/h4-21,25,27-28,33,37-38,47H,22-24,26H2,1-3H3/t28-,33?,37+,38-,40+/m1/s1.